The molecule has 0 spiro atoms. The lowest BCUT2D eigenvalue weighted by molar-refractivity contribution is 0.574. The van der Waals surface area contributed by atoms with Crippen molar-refractivity contribution in [1.82, 2.24) is 9.55 Å². The summed E-state index contributed by atoms with van der Waals surface area (Å²) in [5.41, 5.74) is 9.26. The van der Waals surface area contributed by atoms with E-state index in [1.165, 1.54) is 43.8 Å². The van der Waals surface area contributed by atoms with Gasteiger partial charge in [-0.15, -0.1) is 0 Å². The summed E-state index contributed by atoms with van der Waals surface area (Å²) >= 11 is 0. The van der Waals surface area contributed by atoms with E-state index in [0.29, 0.717) is 6.01 Å². The molecule has 0 atom stereocenters. The normalized spacial score (nSPS) is 14.2. The molecule has 0 fully saturated rings. The fourth-order valence-corrected chi connectivity index (χ4v) is 6.36. The van der Waals surface area contributed by atoms with Crippen molar-refractivity contribution in [1.29, 1.82) is 0 Å². The maximum atomic E-state index is 6.36. The molecule has 35 heavy (non-hydrogen) atoms. The summed E-state index contributed by atoms with van der Waals surface area (Å²) in [4.78, 5) is 4.93. The van der Waals surface area contributed by atoms with Gasteiger partial charge in [-0.25, -0.2) is 0 Å². The van der Waals surface area contributed by atoms with Crippen LogP contribution in [0.1, 0.15) is 25.0 Å². The molecule has 3 nitrogen and oxygen atoms in total. The van der Waals surface area contributed by atoms with Gasteiger partial charge in [-0.1, -0.05) is 92.7 Å². The molecular weight excluding hydrogens is 428 g/mol. The highest BCUT2D eigenvalue weighted by molar-refractivity contribution is 6.25. The Morgan fingerprint density at radius 2 is 1.40 bits per heavy atom. The maximum Gasteiger partial charge on any atom is 0.307 e. The first-order chi connectivity index (χ1) is 17.1. The van der Waals surface area contributed by atoms with Gasteiger partial charge in [-0.3, -0.25) is 4.57 Å². The molecule has 7 aromatic rings. The van der Waals surface area contributed by atoms with E-state index in [2.05, 4.69) is 91.2 Å². The van der Waals surface area contributed by atoms with Crippen LogP contribution in [-0.2, 0) is 5.41 Å². The lowest BCUT2D eigenvalue weighted by Crippen LogP contribution is -2.15. The summed E-state index contributed by atoms with van der Waals surface area (Å²) in [6.45, 7) is 4.72. The third-order valence-corrected chi connectivity index (χ3v) is 7.79. The number of hydrogen-bond donors (Lipinski definition) is 0. The average Bonchev–Trinajstić information content (AvgIpc) is 3.53. The van der Waals surface area contributed by atoms with Crippen LogP contribution in [-0.4, -0.2) is 9.55 Å². The van der Waals surface area contributed by atoms with Crippen LogP contribution >= 0.6 is 0 Å². The Bertz CT molecular complexity index is 1950. The summed E-state index contributed by atoms with van der Waals surface area (Å²) in [6, 6.07) is 34.9. The molecule has 0 amide bonds. The fourth-order valence-electron chi connectivity index (χ4n) is 6.36. The first-order valence-electron chi connectivity index (χ1n) is 12.1. The Morgan fingerprint density at radius 1 is 0.714 bits per heavy atom. The minimum atomic E-state index is -0.134. The molecule has 0 unspecified atom stereocenters. The SMILES string of the molecule is CC1(C)c2ccccc2-c2c1c1c3ccccc3n(-c3nc4ccccc4o3)c1c1ccccc21. The standard InChI is InChI=1S/C32H22N2O/c1-32(2)23-15-7-5-13-21(23)27-19-11-3-4-12-20(19)30-28(29(27)32)22-14-6-9-17-25(22)34(30)31-33-24-16-8-10-18-26(24)35-31/h3-18H,1-2H3. The molecule has 5 aromatic carbocycles. The van der Waals surface area contributed by atoms with Gasteiger partial charge < -0.3 is 4.42 Å². The van der Waals surface area contributed by atoms with Crippen molar-refractivity contribution in [3.05, 3.63) is 108 Å². The fraction of sp³-hybridized carbons (Fsp3) is 0.0938. The third kappa shape index (κ3) is 2.28. The Morgan fingerprint density at radius 3 is 2.26 bits per heavy atom. The van der Waals surface area contributed by atoms with Crippen molar-refractivity contribution >= 4 is 43.7 Å². The van der Waals surface area contributed by atoms with Crippen LogP contribution < -0.4 is 0 Å². The summed E-state index contributed by atoms with van der Waals surface area (Å²) in [5, 5.41) is 5.01. The van der Waals surface area contributed by atoms with E-state index in [0.717, 1.165) is 22.1 Å². The van der Waals surface area contributed by atoms with E-state index in [1.807, 2.05) is 24.3 Å². The Balaban J connectivity index is 1.67. The maximum absolute atomic E-state index is 6.36. The first kappa shape index (κ1) is 19.0. The van der Waals surface area contributed by atoms with Crippen LogP contribution in [0, 0.1) is 0 Å². The van der Waals surface area contributed by atoms with E-state index >= 15 is 0 Å². The van der Waals surface area contributed by atoms with Crippen molar-refractivity contribution in [3.8, 4) is 17.1 Å². The average molecular weight is 451 g/mol. The molecule has 2 heterocycles. The molecule has 8 rings (SSSR count). The van der Waals surface area contributed by atoms with Gasteiger partial charge in [0.05, 0.1) is 11.0 Å². The zero-order valence-electron chi connectivity index (χ0n) is 19.5. The van der Waals surface area contributed by atoms with Gasteiger partial charge in [0.1, 0.15) is 5.52 Å². The second-order valence-corrected chi connectivity index (χ2v) is 10.0. The van der Waals surface area contributed by atoms with Crippen LogP contribution in [0.3, 0.4) is 0 Å². The summed E-state index contributed by atoms with van der Waals surface area (Å²) in [6.07, 6.45) is 0. The first-order valence-corrected chi connectivity index (χ1v) is 12.1. The second-order valence-electron chi connectivity index (χ2n) is 10.0. The van der Waals surface area contributed by atoms with E-state index < -0.39 is 0 Å². The highest BCUT2D eigenvalue weighted by Crippen LogP contribution is 2.56. The Hall–Kier alpha value is -4.37. The molecule has 0 bridgehead atoms. The predicted octanol–water partition coefficient (Wildman–Crippen LogP) is 8.38. The minimum Gasteiger partial charge on any atom is -0.423 e. The molecule has 1 aliphatic rings. The molecule has 0 N–H and O–H groups in total. The number of aromatic nitrogens is 2. The molecule has 0 aliphatic heterocycles. The molecule has 0 saturated carbocycles. The van der Waals surface area contributed by atoms with Crippen LogP contribution in [0.4, 0.5) is 0 Å². The Kier molecular flexibility index (Phi) is 3.47. The molecule has 0 radical (unpaired) electrons. The van der Waals surface area contributed by atoms with Crippen molar-refractivity contribution < 1.29 is 4.42 Å². The monoisotopic (exact) mass is 450 g/mol. The lowest BCUT2D eigenvalue weighted by atomic mass is 9.79. The van der Waals surface area contributed by atoms with Crippen molar-refractivity contribution in [2.75, 3.05) is 0 Å². The largest absolute Gasteiger partial charge is 0.423 e. The van der Waals surface area contributed by atoms with Gasteiger partial charge in [-0.05, 0) is 45.8 Å². The van der Waals surface area contributed by atoms with Gasteiger partial charge in [-0.2, -0.15) is 4.98 Å². The van der Waals surface area contributed by atoms with Crippen LogP contribution in [0.5, 0.6) is 0 Å². The van der Waals surface area contributed by atoms with Gasteiger partial charge >= 0.3 is 6.01 Å². The van der Waals surface area contributed by atoms with Crippen LogP contribution in [0.2, 0.25) is 0 Å². The van der Waals surface area contributed by atoms with Crippen molar-refractivity contribution in [2.45, 2.75) is 19.3 Å². The lowest BCUT2D eigenvalue weighted by Gasteiger charge is -2.23. The molecule has 166 valence electrons. The third-order valence-electron chi connectivity index (χ3n) is 7.79. The minimum absolute atomic E-state index is 0.134. The topological polar surface area (TPSA) is 31.0 Å². The number of rotatable bonds is 1. The number of oxazole rings is 1. The summed E-state index contributed by atoms with van der Waals surface area (Å²) < 4.78 is 8.59. The Labute approximate surface area is 202 Å². The second kappa shape index (κ2) is 6.39. The van der Waals surface area contributed by atoms with E-state index in [-0.39, 0.29) is 5.41 Å². The van der Waals surface area contributed by atoms with E-state index in [4.69, 9.17) is 9.40 Å². The number of fused-ring (bicyclic) bond motifs is 11. The van der Waals surface area contributed by atoms with E-state index in [9.17, 15) is 0 Å². The van der Waals surface area contributed by atoms with Gasteiger partial charge in [0.25, 0.3) is 0 Å². The quantitative estimate of drug-likeness (QED) is 0.251. The number of hydrogen-bond acceptors (Lipinski definition) is 2. The molecular formula is C32H22N2O. The molecule has 3 heteroatoms. The van der Waals surface area contributed by atoms with Crippen LogP contribution in [0.25, 0.3) is 60.8 Å². The molecule has 0 saturated heterocycles. The molecule has 1 aliphatic carbocycles. The summed E-state index contributed by atoms with van der Waals surface area (Å²) in [7, 11) is 0. The highest BCUT2D eigenvalue weighted by atomic mass is 16.4. The van der Waals surface area contributed by atoms with E-state index in [1.54, 1.807) is 0 Å². The molecule has 2 aromatic heterocycles. The van der Waals surface area contributed by atoms with Crippen molar-refractivity contribution in [3.63, 3.8) is 0 Å². The smallest absolute Gasteiger partial charge is 0.307 e. The zero-order chi connectivity index (χ0) is 23.3. The number of nitrogens with zero attached hydrogens (tertiary/aromatic N) is 2. The van der Waals surface area contributed by atoms with Gasteiger partial charge in [0.15, 0.2) is 5.58 Å². The summed E-state index contributed by atoms with van der Waals surface area (Å²) in [5.74, 6) is 0. The van der Waals surface area contributed by atoms with Crippen LogP contribution in [0.15, 0.2) is 101 Å². The van der Waals surface area contributed by atoms with Gasteiger partial charge in [0.2, 0.25) is 0 Å². The highest BCUT2D eigenvalue weighted by Gasteiger charge is 2.39. The number of benzene rings is 5. The zero-order valence-corrected chi connectivity index (χ0v) is 19.5. The predicted molar refractivity (Wildman–Crippen MR) is 143 cm³/mol. The van der Waals surface area contributed by atoms with Gasteiger partial charge in [0, 0.05) is 21.6 Å². The van der Waals surface area contributed by atoms with Crippen molar-refractivity contribution in [2.24, 2.45) is 0 Å². The number of para-hydroxylation sites is 3.